The highest BCUT2D eigenvalue weighted by Gasteiger charge is 2.31. The van der Waals surface area contributed by atoms with E-state index in [1.807, 2.05) is 0 Å². The Bertz CT molecular complexity index is 351. The lowest BCUT2D eigenvalue weighted by atomic mass is 10.1. The van der Waals surface area contributed by atoms with Crippen LogP contribution >= 0.6 is 0 Å². The molecule has 0 spiro atoms. The molecule has 0 N–H and O–H groups in total. The van der Waals surface area contributed by atoms with Gasteiger partial charge in [-0.25, -0.2) is 8.51 Å². The number of amides is 1. The number of hydrogen-bond acceptors (Lipinski definition) is 2. The number of nitrogens with zero attached hydrogens (tertiary/aromatic N) is 2. The molecule has 102 valence electrons. The van der Waals surface area contributed by atoms with Crippen molar-refractivity contribution in [2.45, 2.75) is 31.4 Å². The van der Waals surface area contributed by atoms with Crippen LogP contribution < -0.4 is 0 Å². The van der Waals surface area contributed by atoms with Gasteiger partial charge in [0.25, 0.3) is 0 Å². The van der Waals surface area contributed by atoms with Gasteiger partial charge < -0.3 is 4.90 Å². The molecule has 0 radical (unpaired) electrons. The van der Waals surface area contributed by atoms with Gasteiger partial charge in [-0.1, -0.05) is 13.5 Å². The van der Waals surface area contributed by atoms with Gasteiger partial charge in [0.05, 0.1) is 16.2 Å². The zero-order valence-electron chi connectivity index (χ0n) is 11.0. The van der Waals surface area contributed by atoms with Crippen LogP contribution in [0.25, 0.3) is 0 Å². The predicted molar refractivity (Wildman–Crippen MR) is 73.3 cm³/mol. The molecular weight excluding hydrogens is 248 g/mol. The molecule has 1 amide bonds. The molecule has 2 heterocycles. The normalized spacial score (nSPS) is 28.3. The standard InChI is InChI=1S/C13H22N2O2S/c1-3-13(16)14-7-5-12(6-8-14)18(17)15-9-4-11(2)10-15/h3,11-12H,1,4-10H2,2H3. The molecule has 2 atom stereocenters. The van der Waals surface area contributed by atoms with Crippen LogP contribution in [0.1, 0.15) is 26.2 Å². The van der Waals surface area contributed by atoms with Crippen molar-refractivity contribution in [1.29, 1.82) is 0 Å². The predicted octanol–water partition coefficient (Wildman–Crippen LogP) is 1.17. The van der Waals surface area contributed by atoms with Crippen molar-refractivity contribution in [2.75, 3.05) is 26.2 Å². The molecule has 2 aliphatic heterocycles. The van der Waals surface area contributed by atoms with Crippen LogP contribution in [0.15, 0.2) is 12.7 Å². The molecule has 0 bridgehead atoms. The Morgan fingerprint density at radius 3 is 2.44 bits per heavy atom. The third-order valence-electron chi connectivity index (χ3n) is 3.85. The smallest absolute Gasteiger partial charge is 0.245 e. The van der Waals surface area contributed by atoms with E-state index in [2.05, 4.69) is 17.8 Å². The Balaban J connectivity index is 1.84. The molecular formula is C13H22N2O2S. The quantitative estimate of drug-likeness (QED) is 0.722. The van der Waals surface area contributed by atoms with Gasteiger partial charge in [0.2, 0.25) is 5.91 Å². The van der Waals surface area contributed by atoms with Gasteiger partial charge in [0.1, 0.15) is 0 Å². The monoisotopic (exact) mass is 270 g/mol. The van der Waals surface area contributed by atoms with E-state index in [-0.39, 0.29) is 11.2 Å². The summed E-state index contributed by atoms with van der Waals surface area (Å²) in [6.07, 6.45) is 4.20. The first-order valence-corrected chi connectivity index (χ1v) is 7.85. The molecule has 5 heteroatoms. The Morgan fingerprint density at radius 2 is 1.94 bits per heavy atom. The lowest BCUT2D eigenvalue weighted by molar-refractivity contribution is -0.126. The fourth-order valence-electron chi connectivity index (χ4n) is 2.68. The summed E-state index contributed by atoms with van der Waals surface area (Å²) in [5.74, 6) is 0.658. The van der Waals surface area contributed by atoms with Crippen molar-refractivity contribution in [3.05, 3.63) is 12.7 Å². The maximum atomic E-state index is 12.4. The number of hydrogen-bond donors (Lipinski definition) is 0. The molecule has 0 aromatic heterocycles. The molecule has 0 aromatic carbocycles. The van der Waals surface area contributed by atoms with Gasteiger partial charge in [-0.15, -0.1) is 0 Å². The minimum absolute atomic E-state index is 0.00553. The first-order valence-electron chi connectivity index (χ1n) is 6.68. The fraction of sp³-hybridized carbons (Fsp3) is 0.769. The summed E-state index contributed by atoms with van der Waals surface area (Å²) in [5, 5.41) is 0.226. The van der Waals surface area contributed by atoms with Crippen LogP contribution in [-0.4, -0.2) is 50.8 Å². The van der Waals surface area contributed by atoms with Crippen molar-refractivity contribution in [1.82, 2.24) is 9.21 Å². The van der Waals surface area contributed by atoms with Crippen LogP contribution in [-0.2, 0) is 15.8 Å². The first kappa shape index (κ1) is 13.7. The second kappa shape index (κ2) is 5.97. The van der Waals surface area contributed by atoms with E-state index in [0.29, 0.717) is 19.0 Å². The van der Waals surface area contributed by atoms with E-state index in [4.69, 9.17) is 0 Å². The van der Waals surface area contributed by atoms with E-state index in [9.17, 15) is 9.00 Å². The summed E-state index contributed by atoms with van der Waals surface area (Å²) in [7, 11) is -0.863. The highest BCUT2D eigenvalue weighted by Crippen LogP contribution is 2.23. The average molecular weight is 270 g/mol. The summed E-state index contributed by atoms with van der Waals surface area (Å²) < 4.78 is 14.5. The van der Waals surface area contributed by atoms with Crippen LogP contribution in [0.5, 0.6) is 0 Å². The van der Waals surface area contributed by atoms with Crippen molar-refractivity contribution in [2.24, 2.45) is 5.92 Å². The average Bonchev–Trinajstić information content (AvgIpc) is 2.84. The van der Waals surface area contributed by atoms with Crippen molar-refractivity contribution in [3.8, 4) is 0 Å². The van der Waals surface area contributed by atoms with Crippen molar-refractivity contribution in [3.63, 3.8) is 0 Å². The first-order chi connectivity index (χ1) is 8.61. The SMILES string of the molecule is C=CC(=O)N1CCC(S(=O)N2CCC(C)C2)CC1. The van der Waals surface area contributed by atoms with Gasteiger partial charge in [0.15, 0.2) is 0 Å². The molecule has 2 fully saturated rings. The highest BCUT2D eigenvalue weighted by atomic mass is 32.2. The van der Waals surface area contributed by atoms with Crippen molar-refractivity contribution >= 4 is 16.9 Å². The van der Waals surface area contributed by atoms with Gasteiger partial charge in [-0.2, -0.15) is 0 Å². The highest BCUT2D eigenvalue weighted by molar-refractivity contribution is 7.83. The van der Waals surface area contributed by atoms with E-state index >= 15 is 0 Å². The maximum Gasteiger partial charge on any atom is 0.245 e. The Labute approximate surface area is 112 Å². The summed E-state index contributed by atoms with van der Waals surface area (Å²) >= 11 is 0. The van der Waals surface area contributed by atoms with Crippen LogP contribution in [0.2, 0.25) is 0 Å². The largest absolute Gasteiger partial charge is 0.339 e. The van der Waals surface area contributed by atoms with Crippen molar-refractivity contribution < 1.29 is 9.00 Å². The summed E-state index contributed by atoms with van der Waals surface area (Å²) in [6.45, 7) is 9.05. The van der Waals surface area contributed by atoms with E-state index < -0.39 is 11.0 Å². The lowest BCUT2D eigenvalue weighted by Gasteiger charge is -2.32. The van der Waals surface area contributed by atoms with Crippen LogP contribution in [0.4, 0.5) is 0 Å². The zero-order valence-corrected chi connectivity index (χ0v) is 11.8. The molecule has 18 heavy (non-hydrogen) atoms. The summed E-state index contributed by atoms with van der Waals surface area (Å²) in [4.78, 5) is 13.3. The Hall–Kier alpha value is -0.680. The molecule has 2 rings (SSSR count). The summed E-state index contributed by atoms with van der Waals surface area (Å²) in [5.41, 5.74) is 0. The number of carbonyl (C=O) groups excluding carboxylic acids is 1. The molecule has 2 unspecified atom stereocenters. The van der Waals surface area contributed by atoms with Gasteiger partial charge in [-0.05, 0) is 31.3 Å². The maximum absolute atomic E-state index is 12.4. The van der Waals surface area contributed by atoms with E-state index in [1.54, 1.807) is 4.90 Å². The van der Waals surface area contributed by atoms with E-state index in [0.717, 1.165) is 32.4 Å². The van der Waals surface area contributed by atoms with Crippen LogP contribution in [0.3, 0.4) is 0 Å². The van der Waals surface area contributed by atoms with E-state index in [1.165, 1.54) is 6.08 Å². The molecule has 0 saturated carbocycles. The second-order valence-corrected chi connectivity index (χ2v) is 7.02. The Kier molecular flexibility index (Phi) is 4.56. The van der Waals surface area contributed by atoms with Gasteiger partial charge >= 0.3 is 0 Å². The fourth-order valence-corrected chi connectivity index (χ4v) is 4.40. The van der Waals surface area contributed by atoms with Gasteiger partial charge in [0, 0.05) is 26.2 Å². The molecule has 0 aliphatic carbocycles. The number of likely N-dealkylation sites (tertiary alicyclic amines) is 1. The minimum Gasteiger partial charge on any atom is -0.339 e. The minimum atomic E-state index is -0.863. The van der Waals surface area contributed by atoms with Crippen LogP contribution in [0, 0.1) is 5.92 Å². The molecule has 2 saturated heterocycles. The zero-order chi connectivity index (χ0) is 13.1. The number of carbonyl (C=O) groups is 1. The number of rotatable bonds is 3. The summed E-state index contributed by atoms with van der Waals surface area (Å²) in [6, 6.07) is 0. The second-order valence-electron chi connectivity index (χ2n) is 5.29. The third-order valence-corrected chi connectivity index (χ3v) is 5.74. The molecule has 0 aromatic rings. The molecule has 4 nitrogen and oxygen atoms in total. The topological polar surface area (TPSA) is 40.6 Å². The Morgan fingerprint density at radius 1 is 1.28 bits per heavy atom. The molecule has 2 aliphatic rings. The number of piperidine rings is 1. The third kappa shape index (κ3) is 3.01. The lowest BCUT2D eigenvalue weighted by Crippen LogP contribution is -2.43. The van der Waals surface area contributed by atoms with Gasteiger partial charge in [-0.3, -0.25) is 4.79 Å².